The average Bonchev–Trinajstić information content (AvgIpc) is 2.68. The first-order valence-electron chi connectivity index (χ1n) is 8.60. The molecule has 0 aliphatic rings. The molecule has 2 aromatic rings. The first-order chi connectivity index (χ1) is 14.1. The molecule has 2 amide bonds. The highest BCUT2D eigenvalue weighted by atomic mass is 32.2. The molecule has 0 heterocycles. The van der Waals surface area contributed by atoms with E-state index in [2.05, 4.69) is 15.4 Å². The fraction of sp³-hybridized carbons (Fsp3) is 0.211. The Labute approximate surface area is 173 Å². The summed E-state index contributed by atoms with van der Waals surface area (Å²) in [7, 11) is -1.61. The fourth-order valence-electron chi connectivity index (χ4n) is 2.49. The van der Waals surface area contributed by atoms with Gasteiger partial charge in [-0.05, 0) is 36.4 Å². The van der Waals surface area contributed by atoms with E-state index in [1.54, 1.807) is 0 Å². The van der Waals surface area contributed by atoms with Crippen LogP contribution < -0.4 is 10.6 Å². The lowest BCUT2D eigenvalue weighted by Gasteiger charge is -2.17. The Morgan fingerprint density at radius 1 is 1.07 bits per heavy atom. The molecule has 0 unspecified atom stereocenters. The van der Waals surface area contributed by atoms with Gasteiger partial charge < -0.3 is 20.5 Å². The molecule has 11 heteroatoms. The molecule has 0 spiro atoms. The summed E-state index contributed by atoms with van der Waals surface area (Å²) in [6, 6.07) is 9.57. The first kappa shape index (κ1) is 22.8. The van der Waals surface area contributed by atoms with Crippen LogP contribution in [0.15, 0.2) is 47.4 Å². The summed E-state index contributed by atoms with van der Waals surface area (Å²) in [5.41, 5.74) is 0.228. The van der Waals surface area contributed by atoms with Gasteiger partial charge in [-0.15, -0.1) is 0 Å². The van der Waals surface area contributed by atoms with Crippen molar-refractivity contribution in [3.8, 4) is 5.75 Å². The molecule has 30 heavy (non-hydrogen) atoms. The first-order valence-corrected chi connectivity index (χ1v) is 10.0. The topological polar surface area (TPSA) is 142 Å². The Hall–Kier alpha value is -3.44. The molecule has 0 aliphatic carbocycles. The van der Waals surface area contributed by atoms with Crippen molar-refractivity contribution in [1.29, 1.82) is 0 Å². The molecular formula is C19H21N3O7S. The van der Waals surface area contributed by atoms with Crippen LogP contribution >= 0.6 is 0 Å². The number of carbonyl (C=O) groups is 3. The highest BCUT2D eigenvalue weighted by molar-refractivity contribution is 7.89. The zero-order valence-electron chi connectivity index (χ0n) is 16.5. The number of para-hydroxylation sites is 1. The highest BCUT2D eigenvalue weighted by Gasteiger charge is 2.24. The van der Waals surface area contributed by atoms with Crippen LogP contribution in [0.3, 0.4) is 0 Å². The van der Waals surface area contributed by atoms with E-state index in [0.717, 1.165) is 11.4 Å². The third-order valence-electron chi connectivity index (χ3n) is 3.96. The van der Waals surface area contributed by atoms with Crippen LogP contribution in [0.5, 0.6) is 5.75 Å². The second-order valence-electron chi connectivity index (χ2n) is 6.21. The Bertz CT molecular complexity index is 1070. The number of nitrogens with zero attached hydrogens (tertiary/aromatic N) is 1. The zero-order chi connectivity index (χ0) is 22.5. The molecular weight excluding hydrogens is 414 g/mol. The zero-order valence-corrected chi connectivity index (χ0v) is 17.3. The van der Waals surface area contributed by atoms with Crippen molar-refractivity contribution in [2.75, 3.05) is 31.3 Å². The van der Waals surface area contributed by atoms with Crippen LogP contribution in [0, 0.1) is 0 Å². The van der Waals surface area contributed by atoms with E-state index in [1.165, 1.54) is 56.4 Å². The normalized spacial score (nSPS) is 11.1. The van der Waals surface area contributed by atoms with Crippen LogP contribution in [-0.2, 0) is 24.3 Å². The van der Waals surface area contributed by atoms with Crippen LogP contribution in [0.25, 0.3) is 0 Å². The minimum absolute atomic E-state index is 0.0617. The van der Waals surface area contributed by atoms with Gasteiger partial charge in [0.2, 0.25) is 21.8 Å². The number of benzene rings is 2. The van der Waals surface area contributed by atoms with Gasteiger partial charge in [0.05, 0.1) is 24.2 Å². The number of sulfonamides is 1. The molecule has 160 valence electrons. The average molecular weight is 435 g/mol. The Morgan fingerprint density at radius 2 is 1.70 bits per heavy atom. The van der Waals surface area contributed by atoms with Gasteiger partial charge in [-0.2, -0.15) is 4.31 Å². The van der Waals surface area contributed by atoms with Gasteiger partial charge in [-0.3, -0.25) is 9.59 Å². The Morgan fingerprint density at radius 3 is 2.27 bits per heavy atom. The molecule has 2 aromatic carbocycles. The lowest BCUT2D eigenvalue weighted by Crippen LogP contribution is -2.35. The van der Waals surface area contributed by atoms with Crippen molar-refractivity contribution in [2.24, 2.45) is 0 Å². The number of methoxy groups -OCH3 is 1. The summed E-state index contributed by atoms with van der Waals surface area (Å²) in [4.78, 5) is 34.9. The van der Waals surface area contributed by atoms with Crippen LogP contribution in [0.4, 0.5) is 11.4 Å². The summed E-state index contributed by atoms with van der Waals surface area (Å²) in [5.74, 6) is -2.30. The van der Waals surface area contributed by atoms with Gasteiger partial charge in [-0.1, -0.05) is 6.07 Å². The smallest absolute Gasteiger partial charge is 0.341 e. The van der Waals surface area contributed by atoms with Gasteiger partial charge >= 0.3 is 5.97 Å². The quantitative estimate of drug-likeness (QED) is 0.441. The molecule has 0 saturated carbocycles. The summed E-state index contributed by atoms with van der Waals surface area (Å²) >= 11 is 0. The van der Waals surface area contributed by atoms with Crippen molar-refractivity contribution in [3.05, 3.63) is 48.0 Å². The van der Waals surface area contributed by atoms with E-state index < -0.39 is 34.2 Å². The van der Waals surface area contributed by atoms with Crippen molar-refractivity contribution < 1.29 is 32.6 Å². The largest absolute Gasteiger partial charge is 0.505 e. The molecule has 0 aromatic heterocycles. The number of aromatic hydroxyl groups is 1. The third kappa shape index (κ3) is 5.33. The van der Waals surface area contributed by atoms with Crippen molar-refractivity contribution >= 4 is 39.2 Å². The number of carbonyl (C=O) groups excluding carboxylic acids is 3. The molecule has 0 saturated heterocycles. The van der Waals surface area contributed by atoms with E-state index in [-0.39, 0.29) is 22.1 Å². The number of likely N-dealkylation sites (N-methyl/N-ethyl adjacent to an activating group) is 1. The Kier molecular flexibility index (Phi) is 7.14. The van der Waals surface area contributed by atoms with Gasteiger partial charge in [0, 0.05) is 19.7 Å². The summed E-state index contributed by atoms with van der Waals surface area (Å²) in [6.07, 6.45) is 0. The summed E-state index contributed by atoms with van der Waals surface area (Å²) in [6.45, 7) is 0.785. The van der Waals surface area contributed by atoms with E-state index in [9.17, 15) is 27.9 Å². The van der Waals surface area contributed by atoms with Gasteiger partial charge in [0.1, 0.15) is 5.56 Å². The highest BCUT2D eigenvalue weighted by Crippen LogP contribution is 2.28. The SMILES string of the molecule is COC(=O)c1cccc(NC(=O)CN(C)S(=O)(=O)c2ccc(NC(C)=O)cc2)c1O. The lowest BCUT2D eigenvalue weighted by molar-refractivity contribution is -0.116. The number of hydrogen-bond donors (Lipinski definition) is 3. The van der Waals surface area contributed by atoms with Gasteiger partial charge in [0.15, 0.2) is 5.75 Å². The van der Waals surface area contributed by atoms with Crippen LogP contribution in [-0.4, -0.2) is 56.3 Å². The minimum atomic E-state index is -3.98. The third-order valence-corrected chi connectivity index (χ3v) is 5.78. The van der Waals surface area contributed by atoms with Crippen LogP contribution in [0.2, 0.25) is 0 Å². The van der Waals surface area contributed by atoms with E-state index in [4.69, 9.17) is 0 Å². The monoisotopic (exact) mass is 435 g/mol. The number of phenols is 1. The predicted molar refractivity (Wildman–Crippen MR) is 109 cm³/mol. The molecule has 3 N–H and O–H groups in total. The summed E-state index contributed by atoms with van der Waals surface area (Å²) in [5, 5.41) is 15.0. The number of rotatable bonds is 7. The van der Waals surface area contributed by atoms with Crippen molar-refractivity contribution in [1.82, 2.24) is 4.31 Å². The molecule has 0 fully saturated rings. The second kappa shape index (κ2) is 9.37. The van der Waals surface area contributed by atoms with E-state index >= 15 is 0 Å². The molecule has 0 aliphatic heterocycles. The number of phenolic OH excluding ortho intramolecular Hbond substituents is 1. The Balaban J connectivity index is 2.11. The molecule has 0 radical (unpaired) electrons. The molecule has 10 nitrogen and oxygen atoms in total. The number of esters is 1. The number of ether oxygens (including phenoxy) is 1. The number of nitrogens with one attached hydrogen (secondary N) is 2. The maximum Gasteiger partial charge on any atom is 0.341 e. The minimum Gasteiger partial charge on any atom is -0.505 e. The molecule has 0 bridgehead atoms. The van der Waals surface area contributed by atoms with Crippen molar-refractivity contribution in [3.63, 3.8) is 0 Å². The molecule has 0 atom stereocenters. The number of anilines is 2. The predicted octanol–water partition coefficient (Wildman–Crippen LogP) is 1.40. The maximum absolute atomic E-state index is 12.7. The lowest BCUT2D eigenvalue weighted by atomic mass is 10.1. The number of amides is 2. The fourth-order valence-corrected chi connectivity index (χ4v) is 3.62. The number of hydrogen-bond acceptors (Lipinski definition) is 7. The van der Waals surface area contributed by atoms with Crippen LogP contribution in [0.1, 0.15) is 17.3 Å². The standard InChI is InChI=1S/C19H21N3O7S/c1-12(23)20-13-7-9-14(10-8-13)30(27,28)22(2)11-17(24)21-16-6-4-5-15(18(16)25)19(26)29-3/h4-10,25H,11H2,1-3H3,(H,20,23)(H,21,24). The van der Waals surface area contributed by atoms with Gasteiger partial charge in [0.25, 0.3) is 0 Å². The second-order valence-corrected chi connectivity index (χ2v) is 8.25. The maximum atomic E-state index is 12.7. The van der Waals surface area contributed by atoms with Gasteiger partial charge in [-0.25, -0.2) is 13.2 Å². The van der Waals surface area contributed by atoms with Crippen molar-refractivity contribution in [2.45, 2.75) is 11.8 Å². The van der Waals surface area contributed by atoms with E-state index in [0.29, 0.717) is 5.69 Å². The summed E-state index contributed by atoms with van der Waals surface area (Å²) < 4.78 is 30.7. The molecule has 2 rings (SSSR count). The van der Waals surface area contributed by atoms with E-state index in [1.807, 2.05) is 0 Å².